The van der Waals surface area contributed by atoms with E-state index in [1.807, 2.05) is 61.5 Å². The summed E-state index contributed by atoms with van der Waals surface area (Å²) in [6, 6.07) is 24.2. The number of hydrogen-bond acceptors (Lipinski definition) is 3. The zero-order valence-electron chi connectivity index (χ0n) is 16.6. The highest BCUT2D eigenvalue weighted by atomic mass is 16.5. The average molecular weight is 388 g/mol. The number of ether oxygens (including phenoxy) is 1. The second kappa shape index (κ2) is 9.55. The van der Waals surface area contributed by atoms with Gasteiger partial charge in [0.2, 0.25) is 0 Å². The van der Waals surface area contributed by atoms with Gasteiger partial charge in [-0.05, 0) is 36.8 Å². The number of nitrogens with one attached hydrogen (secondary N) is 1. The fourth-order valence-electron chi connectivity index (χ4n) is 2.84. The Bertz CT molecular complexity index is 969. The van der Waals surface area contributed by atoms with Crippen molar-refractivity contribution in [2.75, 3.05) is 18.6 Å². The van der Waals surface area contributed by atoms with Gasteiger partial charge in [0.25, 0.3) is 11.8 Å². The summed E-state index contributed by atoms with van der Waals surface area (Å²) in [7, 11) is 1.64. The molecule has 1 N–H and O–H groups in total. The van der Waals surface area contributed by atoms with Crippen LogP contribution in [0.25, 0.3) is 0 Å². The molecule has 0 aliphatic heterocycles. The molecule has 0 aliphatic carbocycles. The first-order valence-electron chi connectivity index (χ1n) is 9.42. The maximum absolute atomic E-state index is 12.7. The first kappa shape index (κ1) is 20.1. The molecule has 5 heteroatoms. The number of carbonyl (C=O) groups excluding carboxylic acids is 2. The summed E-state index contributed by atoms with van der Waals surface area (Å²) >= 11 is 0. The van der Waals surface area contributed by atoms with Gasteiger partial charge in [0.05, 0.1) is 11.3 Å². The monoisotopic (exact) mass is 388 g/mol. The molecule has 0 spiro atoms. The number of likely N-dealkylation sites (N-methyl/N-ethyl adjacent to an activating group) is 1. The lowest BCUT2D eigenvalue weighted by Gasteiger charge is -2.20. The minimum Gasteiger partial charge on any atom is -0.484 e. The van der Waals surface area contributed by atoms with Crippen molar-refractivity contribution in [2.24, 2.45) is 0 Å². The molecule has 3 aromatic carbocycles. The molecule has 3 rings (SSSR count). The van der Waals surface area contributed by atoms with E-state index in [1.165, 1.54) is 4.90 Å². The molecule has 3 aromatic rings. The predicted molar refractivity (Wildman–Crippen MR) is 114 cm³/mol. The standard InChI is InChI=1S/C24H24N2O3/c1-18-12-14-20(15-13-18)29-17-23(27)26(2)22-11-7-6-10-21(22)24(28)25-16-19-8-4-3-5-9-19/h3-15H,16-17H2,1-2H3,(H,25,28). The largest absolute Gasteiger partial charge is 0.484 e. The molecule has 0 saturated carbocycles. The van der Waals surface area contributed by atoms with Gasteiger partial charge in [-0.15, -0.1) is 0 Å². The van der Waals surface area contributed by atoms with E-state index in [2.05, 4.69) is 5.32 Å². The van der Waals surface area contributed by atoms with Gasteiger partial charge in [-0.1, -0.05) is 60.2 Å². The lowest BCUT2D eigenvalue weighted by Crippen LogP contribution is -2.33. The maximum Gasteiger partial charge on any atom is 0.264 e. The van der Waals surface area contributed by atoms with E-state index < -0.39 is 0 Å². The van der Waals surface area contributed by atoms with Crippen molar-refractivity contribution < 1.29 is 14.3 Å². The molecular weight excluding hydrogens is 364 g/mol. The first-order chi connectivity index (χ1) is 14.0. The molecule has 0 bridgehead atoms. The number of nitrogens with zero attached hydrogens (tertiary/aromatic N) is 1. The van der Waals surface area contributed by atoms with Gasteiger partial charge in [-0.2, -0.15) is 0 Å². The second-order valence-electron chi connectivity index (χ2n) is 6.74. The van der Waals surface area contributed by atoms with Crippen molar-refractivity contribution in [1.29, 1.82) is 0 Å². The first-order valence-corrected chi connectivity index (χ1v) is 9.42. The second-order valence-corrected chi connectivity index (χ2v) is 6.74. The molecule has 0 radical (unpaired) electrons. The molecule has 5 nitrogen and oxygen atoms in total. The number of carbonyl (C=O) groups is 2. The summed E-state index contributed by atoms with van der Waals surface area (Å²) in [4.78, 5) is 26.8. The average Bonchev–Trinajstić information content (AvgIpc) is 2.77. The van der Waals surface area contributed by atoms with Gasteiger partial charge in [0, 0.05) is 13.6 Å². The van der Waals surface area contributed by atoms with Crippen molar-refractivity contribution >= 4 is 17.5 Å². The van der Waals surface area contributed by atoms with Crippen molar-refractivity contribution in [3.8, 4) is 5.75 Å². The highest BCUT2D eigenvalue weighted by Crippen LogP contribution is 2.20. The number of benzene rings is 3. The van der Waals surface area contributed by atoms with Crippen LogP contribution in [0.5, 0.6) is 5.75 Å². The Morgan fingerprint density at radius 1 is 0.897 bits per heavy atom. The number of anilines is 1. The van der Waals surface area contributed by atoms with Crippen LogP contribution in [0.2, 0.25) is 0 Å². The van der Waals surface area contributed by atoms with Crippen LogP contribution < -0.4 is 15.0 Å². The van der Waals surface area contributed by atoms with E-state index in [0.717, 1.165) is 11.1 Å². The van der Waals surface area contributed by atoms with Crippen LogP contribution in [-0.2, 0) is 11.3 Å². The molecule has 29 heavy (non-hydrogen) atoms. The SMILES string of the molecule is Cc1ccc(OCC(=O)N(C)c2ccccc2C(=O)NCc2ccccc2)cc1. The quantitative estimate of drug-likeness (QED) is 0.666. The summed E-state index contributed by atoms with van der Waals surface area (Å²) in [5.41, 5.74) is 3.11. The number of para-hydroxylation sites is 1. The summed E-state index contributed by atoms with van der Waals surface area (Å²) in [6.45, 7) is 2.30. The fourth-order valence-corrected chi connectivity index (χ4v) is 2.84. The van der Waals surface area contributed by atoms with Crippen LogP contribution in [0.3, 0.4) is 0 Å². The van der Waals surface area contributed by atoms with Gasteiger partial charge in [0.15, 0.2) is 6.61 Å². The Kier molecular flexibility index (Phi) is 6.63. The molecule has 0 unspecified atom stereocenters. The van der Waals surface area contributed by atoms with Crippen molar-refractivity contribution in [3.63, 3.8) is 0 Å². The third-order valence-electron chi connectivity index (χ3n) is 4.56. The predicted octanol–water partition coefficient (Wildman–Crippen LogP) is 3.97. The Balaban J connectivity index is 1.65. The van der Waals surface area contributed by atoms with E-state index in [-0.39, 0.29) is 18.4 Å². The summed E-state index contributed by atoms with van der Waals surface area (Å²) < 4.78 is 5.58. The molecule has 0 aliphatic rings. The molecular formula is C24H24N2O3. The zero-order chi connectivity index (χ0) is 20.6. The molecule has 148 valence electrons. The molecule has 0 atom stereocenters. The van der Waals surface area contributed by atoms with Crippen molar-refractivity contribution in [2.45, 2.75) is 13.5 Å². The van der Waals surface area contributed by atoms with E-state index >= 15 is 0 Å². The Labute approximate surface area is 170 Å². The number of rotatable bonds is 7. The molecule has 0 fully saturated rings. The lowest BCUT2D eigenvalue weighted by atomic mass is 10.1. The highest BCUT2D eigenvalue weighted by Gasteiger charge is 2.18. The molecule has 0 aromatic heterocycles. The van der Waals surface area contributed by atoms with E-state index in [1.54, 1.807) is 31.3 Å². The highest BCUT2D eigenvalue weighted by molar-refractivity contribution is 6.04. The summed E-state index contributed by atoms with van der Waals surface area (Å²) in [5, 5.41) is 2.90. The topological polar surface area (TPSA) is 58.6 Å². The summed E-state index contributed by atoms with van der Waals surface area (Å²) in [5.74, 6) is 0.156. The molecule has 2 amide bonds. The minimum absolute atomic E-state index is 0.112. The molecule has 0 heterocycles. The fraction of sp³-hybridized carbons (Fsp3) is 0.167. The van der Waals surface area contributed by atoms with E-state index in [0.29, 0.717) is 23.5 Å². The number of amides is 2. The van der Waals surface area contributed by atoms with Gasteiger partial charge in [0.1, 0.15) is 5.75 Å². The van der Waals surface area contributed by atoms with Crippen molar-refractivity contribution in [3.05, 3.63) is 95.6 Å². The van der Waals surface area contributed by atoms with Gasteiger partial charge >= 0.3 is 0 Å². The van der Waals surface area contributed by atoms with Gasteiger partial charge < -0.3 is 15.0 Å². The van der Waals surface area contributed by atoms with Crippen LogP contribution >= 0.6 is 0 Å². The number of aryl methyl sites for hydroxylation is 1. The smallest absolute Gasteiger partial charge is 0.264 e. The zero-order valence-corrected chi connectivity index (χ0v) is 16.6. The maximum atomic E-state index is 12.7. The van der Waals surface area contributed by atoms with Crippen LogP contribution in [0, 0.1) is 6.92 Å². The lowest BCUT2D eigenvalue weighted by molar-refractivity contribution is -0.120. The Hall–Kier alpha value is -3.60. The van der Waals surface area contributed by atoms with Crippen molar-refractivity contribution in [1.82, 2.24) is 5.32 Å². The normalized spacial score (nSPS) is 10.3. The third-order valence-corrected chi connectivity index (χ3v) is 4.56. The van der Waals surface area contributed by atoms with E-state index in [9.17, 15) is 9.59 Å². The third kappa shape index (κ3) is 5.45. The summed E-state index contributed by atoms with van der Waals surface area (Å²) in [6.07, 6.45) is 0. The van der Waals surface area contributed by atoms with Crippen LogP contribution in [0.4, 0.5) is 5.69 Å². The van der Waals surface area contributed by atoms with Gasteiger partial charge in [-0.25, -0.2) is 0 Å². The van der Waals surface area contributed by atoms with E-state index in [4.69, 9.17) is 4.74 Å². The van der Waals surface area contributed by atoms with Gasteiger partial charge in [-0.3, -0.25) is 9.59 Å². The molecule has 0 saturated heterocycles. The van der Waals surface area contributed by atoms with Crippen LogP contribution in [0.15, 0.2) is 78.9 Å². The Morgan fingerprint density at radius 3 is 2.28 bits per heavy atom. The van der Waals surface area contributed by atoms with Crippen LogP contribution in [0.1, 0.15) is 21.5 Å². The Morgan fingerprint density at radius 2 is 1.55 bits per heavy atom. The minimum atomic E-state index is -0.242. The number of hydrogen-bond donors (Lipinski definition) is 1. The van der Waals surface area contributed by atoms with Crippen LogP contribution in [-0.4, -0.2) is 25.5 Å².